The zero-order valence-corrected chi connectivity index (χ0v) is 28.4. The molecule has 1 aliphatic rings. The van der Waals surface area contributed by atoms with E-state index in [-0.39, 0.29) is 17.0 Å². The lowest BCUT2D eigenvalue weighted by atomic mass is 9.78. The number of ether oxygens (including phenoxy) is 1. The van der Waals surface area contributed by atoms with E-state index in [0.29, 0.717) is 33.6 Å². The molecule has 46 heavy (non-hydrogen) atoms. The van der Waals surface area contributed by atoms with Crippen molar-refractivity contribution in [3.05, 3.63) is 126 Å². The topological polar surface area (TPSA) is 116 Å². The molecule has 1 aliphatic carbocycles. The van der Waals surface area contributed by atoms with Gasteiger partial charge in [0.2, 0.25) is 10.0 Å². The van der Waals surface area contributed by atoms with Gasteiger partial charge in [-0.1, -0.05) is 44.2 Å². The number of aryl methyl sites for hydroxylation is 3. The molecule has 0 saturated carbocycles. The fourth-order valence-electron chi connectivity index (χ4n) is 6.06. The van der Waals surface area contributed by atoms with Gasteiger partial charge in [0.1, 0.15) is 16.0 Å². The Balaban J connectivity index is 1.58. The minimum absolute atomic E-state index is 0.0630. The molecule has 0 saturated heterocycles. The number of para-hydroxylation sites is 1. The van der Waals surface area contributed by atoms with Crippen LogP contribution < -0.4 is 15.9 Å². The number of aromatic nitrogens is 4. The average Bonchev–Trinajstić information content (AvgIpc) is 3.67. The Morgan fingerprint density at radius 1 is 1.09 bits per heavy atom. The first-order chi connectivity index (χ1) is 21.7. The number of nitrogens with one attached hydrogen (secondary N) is 1. The molecule has 2 unspecified atom stereocenters. The molecule has 2 atom stereocenters. The lowest BCUT2D eigenvalue weighted by molar-refractivity contribution is 0.467. The Hall–Kier alpha value is -4.48. The van der Waals surface area contributed by atoms with Crippen LogP contribution in [-0.4, -0.2) is 31.7 Å². The molecule has 0 aliphatic heterocycles. The van der Waals surface area contributed by atoms with Gasteiger partial charge in [-0.25, -0.2) is 17.4 Å². The molecule has 1 aromatic carbocycles. The number of H-pyrrole nitrogens is 1. The van der Waals surface area contributed by atoms with Crippen LogP contribution >= 0.6 is 11.3 Å². The minimum Gasteiger partial charge on any atom is -0.455 e. The number of pyridine rings is 2. The number of rotatable bonds is 7. The van der Waals surface area contributed by atoms with Crippen molar-refractivity contribution in [3.63, 3.8) is 0 Å². The summed E-state index contributed by atoms with van der Waals surface area (Å²) in [6.45, 7) is 11.5. The van der Waals surface area contributed by atoms with Crippen molar-refractivity contribution in [3.8, 4) is 11.5 Å². The summed E-state index contributed by atoms with van der Waals surface area (Å²) in [5.41, 5.74) is 2.98. The molecule has 238 valence electrons. The Morgan fingerprint density at radius 3 is 2.48 bits per heavy atom. The number of aromatic amines is 1. The van der Waals surface area contributed by atoms with Crippen molar-refractivity contribution in [2.75, 3.05) is 0 Å². The van der Waals surface area contributed by atoms with Crippen molar-refractivity contribution in [2.24, 2.45) is 7.05 Å². The number of hydrogen-bond donors (Lipinski definition) is 1. The Morgan fingerprint density at radius 2 is 1.80 bits per heavy atom. The van der Waals surface area contributed by atoms with Gasteiger partial charge in [0, 0.05) is 59.4 Å². The fourth-order valence-corrected chi connectivity index (χ4v) is 9.30. The predicted octanol–water partition coefficient (Wildman–Crippen LogP) is 6.78. The standard InChI is InChI=1S/C35H36N4O5S2/c1-20(2)34-37-18-29(45-34)27-16-25(26-17-30(40)38(7)19-28(26)44-32-21(3)9-8-10-22(32)4)15-23(5)35(27,6)46(42,43)39-14-12-24-11-13-36-33(41)31(24)39/h8-20,27H,1-7H3,(H,36,41). The second-order valence-corrected chi connectivity index (χ2v) is 15.6. The fraction of sp³-hybridized carbons (Fsp3) is 0.286. The normalized spacial score (nSPS) is 18.6. The Labute approximate surface area is 271 Å². The molecule has 4 heterocycles. The zero-order valence-electron chi connectivity index (χ0n) is 26.8. The molecular formula is C35H36N4O5S2. The average molecular weight is 657 g/mol. The third kappa shape index (κ3) is 4.98. The summed E-state index contributed by atoms with van der Waals surface area (Å²) < 4.78 is 37.2. The van der Waals surface area contributed by atoms with E-state index >= 15 is 0 Å². The molecule has 0 amide bonds. The van der Waals surface area contributed by atoms with Crippen LogP contribution in [0.3, 0.4) is 0 Å². The molecule has 0 fully saturated rings. The number of fused-ring (bicyclic) bond motifs is 1. The van der Waals surface area contributed by atoms with Crippen LogP contribution in [0.5, 0.6) is 11.5 Å². The van der Waals surface area contributed by atoms with Crippen LogP contribution in [0.1, 0.15) is 66.1 Å². The number of benzene rings is 1. The molecule has 6 rings (SSSR count). The Kier molecular flexibility index (Phi) is 7.80. The molecule has 4 aromatic heterocycles. The lowest BCUT2D eigenvalue weighted by Crippen LogP contribution is -2.46. The SMILES string of the molecule is CC1=CC(c2cc(=O)n(C)cc2Oc2c(C)cccc2C)=CC(c2cnc(C(C)C)s2)C1(C)S(=O)(=O)n1ccc2cc[nH]c(=O)c21. The summed E-state index contributed by atoms with van der Waals surface area (Å²) in [6, 6.07) is 10.7. The highest BCUT2D eigenvalue weighted by atomic mass is 32.2. The molecule has 0 bridgehead atoms. The van der Waals surface area contributed by atoms with Gasteiger partial charge >= 0.3 is 0 Å². The van der Waals surface area contributed by atoms with E-state index in [1.807, 2.05) is 52.0 Å². The van der Waals surface area contributed by atoms with Gasteiger partial charge in [-0.3, -0.25) is 9.59 Å². The van der Waals surface area contributed by atoms with Gasteiger partial charge in [0.05, 0.1) is 11.2 Å². The van der Waals surface area contributed by atoms with Crippen LogP contribution in [0.2, 0.25) is 0 Å². The second kappa shape index (κ2) is 11.4. The van der Waals surface area contributed by atoms with Crippen molar-refractivity contribution >= 4 is 37.8 Å². The monoisotopic (exact) mass is 656 g/mol. The van der Waals surface area contributed by atoms with E-state index in [1.54, 1.807) is 51.5 Å². The van der Waals surface area contributed by atoms with E-state index in [0.717, 1.165) is 25.0 Å². The van der Waals surface area contributed by atoms with Crippen molar-refractivity contribution in [2.45, 2.75) is 58.1 Å². The van der Waals surface area contributed by atoms with E-state index in [4.69, 9.17) is 4.74 Å². The quantitative estimate of drug-likeness (QED) is 0.207. The number of thiazole rings is 1. The molecule has 0 radical (unpaired) electrons. The number of allylic oxidation sites excluding steroid dienone is 3. The maximum Gasteiger partial charge on any atom is 0.273 e. The summed E-state index contributed by atoms with van der Waals surface area (Å²) in [4.78, 5) is 34.0. The van der Waals surface area contributed by atoms with Crippen LogP contribution in [0.25, 0.3) is 16.5 Å². The smallest absolute Gasteiger partial charge is 0.273 e. The molecule has 0 spiro atoms. The van der Waals surface area contributed by atoms with Crippen molar-refractivity contribution in [1.82, 2.24) is 18.5 Å². The number of nitrogens with zero attached hydrogens (tertiary/aromatic N) is 3. The first-order valence-electron chi connectivity index (χ1n) is 15.0. The minimum atomic E-state index is -4.25. The van der Waals surface area contributed by atoms with Crippen molar-refractivity contribution < 1.29 is 13.2 Å². The van der Waals surface area contributed by atoms with Crippen LogP contribution in [0.4, 0.5) is 0 Å². The lowest BCUT2D eigenvalue weighted by Gasteiger charge is -2.39. The highest BCUT2D eigenvalue weighted by Crippen LogP contribution is 2.50. The molecular weight excluding hydrogens is 621 g/mol. The van der Waals surface area contributed by atoms with E-state index in [1.165, 1.54) is 34.4 Å². The zero-order chi connectivity index (χ0) is 33.1. The first kappa shape index (κ1) is 31.5. The summed E-state index contributed by atoms with van der Waals surface area (Å²) >= 11 is 1.46. The Bertz CT molecular complexity index is 2280. The highest BCUT2D eigenvalue weighted by molar-refractivity contribution is 7.91. The van der Waals surface area contributed by atoms with Gasteiger partial charge in [0.15, 0.2) is 5.75 Å². The molecule has 9 nitrogen and oxygen atoms in total. The van der Waals surface area contributed by atoms with Gasteiger partial charge in [-0.15, -0.1) is 11.3 Å². The van der Waals surface area contributed by atoms with Gasteiger partial charge < -0.3 is 14.3 Å². The second-order valence-electron chi connectivity index (χ2n) is 12.3. The van der Waals surface area contributed by atoms with Crippen LogP contribution in [0, 0.1) is 13.8 Å². The molecule has 1 N–H and O–H groups in total. The maximum atomic E-state index is 14.8. The third-order valence-corrected chi connectivity index (χ3v) is 12.8. The molecule has 11 heteroatoms. The van der Waals surface area contributed by atoms with Crippen LogP contribution in [-0.2, 0) is 17.1 Å². The largest absolute Gasteiger partial charge is 0.455 e. The summed E-state index contributed by atoms with van der Waals surface area (Å²) in [5, 5.41) is 1.40. The highest BCUT2D eigenvalue weighted by Gasteiger charge is 2.51. The van der Waals surface area contributed by atoms with Gasteiger partial charge in [-0.05, 0) is 62.1 Å². The van der Waals surface area contributed by atoms with Crippen LogP contribution in [0.15, 0.2) is 88.5 Å². The summed E-state index contributed by atoms with van der Waals surface area (Å²) in [7, 11) is -2.58. The van der Waals surface area contributed by atoms with Gasteiger partial charge in [-0.2, -0.15) is 0 Å². The van der Waals surface area contributed by atoms with E-state index in [2.05, 4.69) is 9.97 Å². The predicted molar refractivity (Wildman–Crippen MR) is 184 cm³/mol. The third-order valence-electron chi connectivity index (χ3n) is 8.93. The number of hydrogen-bond acceptors (Lipinski definition) is 7. The first-order valence-corrected chi connectivity index (χ1v) is 17.2. The summed E-state index contributed by atoms with van der Waals surface area (Å²) in [6.07, 6.45) is 10.0. The van der Waals surface area contributed by atoms with E-state index < -0.39 is 26.2 Å². The van der Waals surface area contributed by atoms with Gasteiger partial charge in [0.25, 0.3) is 11.1 Å². The van der Waals surface area contributed by atoms with Crippen molar-refractivity contribution in [1.29, 1.82) is 0 Å². The summed E-state index contributed by atoms with van der Waals surface area (Å²) in [5.74, 6) is 0.596. The molecule has 5 aromatic rings. The van der Waals surface area contributed by atoms with E-state index in [9.17, 15) is 18.0 Å². The maximum absolute atomic E-state index is 14.8.